The average Bonchev–Trinajstić information content (AvgIpc) is 2.74. The van der Waals surface area contributed by atoms with E-state index in [0.29, 0.717) is 6.54 Å². The molecular formula is C12H20N2O2S. The van der Waals surface area contributed by atoms with Crippen molar-refractivity contribution in [3.05, 3.63) is 16.1 Å². The lowest BCUT2D eigenvalue weighted by Crippen LogP contribution is -2.42. The van der Waals surface area contributed by atoms with Crippen LogP contribution in [0.25, 0.3) is 0 Å². The number of esters is 1. The number of nitrogens with one attached hydrogen (secondary N) is 1. The highest BCUT2D eigenvalue weighted by Gasteiger charge is 2.24. The van der Waals surface area contributed by atoms with Crippen molar-refractivity contribution in [2.24, 2.45) is 5.92 Å². The maximum atomic E-state index is 11.6. The van der Waals surface area contributed by atoms with E-state index >= 15 is 0 Å². The summed E-state index contributed by atoms with van der Waals surface area (Å²) in [5.74, 6) is 0.0495. The minimum Gasteiger partial charge on any atom is -0.468 e. The van der Waals surface area contributed by atoms with Gasteiger partial charge < -0.3 is 4.74 Å². The second-order valence-electron chi connectivity index (χ2n) is 4.13. The van der Waals surface area contributed by atoms with Gasteiger partial charge in [-0.3, -0.25) is 10.1 Å². The third kappa shape index (κ3) is 4.09. The van der Waals surface area contributed by atoms with Crippen LogP contribution in [-0.4, -0.2) is 24.1 Å². The zero-order valence-corrected chi connectivity index (χ0v) is 11.6. The molecular weight excluding hydrogens is 236 g/mol. The van der Waals surface area contributed by atoms with Gasteiger partial charge >= 0.3 is 5.97 Å². The van der Waals surface area contributed by atoms with E-state index in [-0.39, 0.29) is 17.9 Å². The number of rotatable bonds is 6. The Morgan fingerprint density at radius 3 is 2.82 bits per heavy atom. The quantitative estimate of drug-likeness (QED) is 0.792. The van der Waals surface area contributed by atoms with Crippen molar-refractivity contribution in [1.29, 1.82) is 0 Å². The number of carbonyl (C=O) groups is 1. The molecule has 0 saturated carbocycles. The molecule has 0 radical (unpaired) electrons. The fourth-order valence-electron chi connectivity index (χ4n) is 1.58. The van der Waals surface area contributed by atoms with Crippen LogP contribution >= 0.6 is 11.3 Å². The van der Waals surface area contributed by atoms with Crippen LogP contribution in [0.15, 0.2) is 5.38 Å². The normalized spacial score (nSPS) is 14.4. The van der Waals surface area contributed by atoms with E-state index in [1.807, 2.05) is 19.2 Å². The molecule has 1 rings (SSSR count). The van der Waals surface area contributed by atoms with Gasteiger partial charge in [-0.1, -0.05) is 20.3 Å². The third-order valence-electron chi connectivity index (χ3n) is 2.84. The van der Waals surface area contributed by atoms with E-state index < -0.39 is 0 Å². The van der Waals surface area contributed by atoms with Gasteiger partial charge in [-0.25, -0.2) is 4.98 Å². The molecule has 1 N–H and O–H groups in total. The fourth-order valence-corrected chi connectivity index (χ4v) is 2.20. The highest BCUT2D eigenvalue weighted by molar-refractivity contribution is 7.09. The molecule has 0 aliphatic heterocycles. The Kier molecular flexibility index (Phi) is 5.58. The first-order valence-electron chi connectivity index (χ1n) is 5.80. The van der Waals surface area contributed by atoms with Gasteiger partial charge in [0, 0.05) is 11.9 Å². The molecule has 1 aromatic heterocycles. The standard InChI is InChI=1S/C12H20N2O2S/c1-5-8(2)11(12(15)16-4)13-6-10-7-17-9(3)14-10/h7-8,11,13H,5-6H2,1-4H3. The minimum atomic E-state index is -0.257. The number of thiazole rings is 1. The Morgan fingerprint density at radius 1 is 1.65 bits per heavy atom. The van der Waals surface area contributed by atoms with Gasteiger partial charge in [-0.15, -0.1) is 11.3 Å². The number of carbonyl (C=O) groups excluding carboxylic acids is 1. The summed E-state index contributed by atoms with van der Waals surface area (Å²) in [6.45, 7) is 6.69. The molecule has 0 bridgehead atoms. The first kappa shape index (κ1) is 14.1. The highest BCUT2D eigenvalue weighted by Crippen LogP contribution is 2.12. The number of hydrogen-bond acceptors (Lipinski definition) is 5. The van der Waals surface area contributed by atoms with E-state index in [0.717, 1.165) is 17.1 Å². The highest BCUT2D eigenvalue weighted by atomic mass is 32.1. The Morgan fingerprint density at radius 2 is 2.35 bits per heavy atom. The SMILES string of the molecule is CCC(C)C(NCc1csc(C)n1)C(=O)OC. The van der Waals surface area contributed by atoms with Crippen molar-refractivity contribution in [1.82, 2.24) is 10.3 Å². The molecule has 1 aromatic rings. The first-order chi connectivity index (χ1) is 8.08. The average molecular weight is 256 g/mol. The Bertz CT molecular complexity index is 365. The molecule has 96 valence electrons. The molecule has 0 aromatic carbocycles. The van der Waals surface area contributed by atoms with E-state index in [2.05, 4.69) is 17.2 Å². The zero-order valence-electron chi connectivity index (χ0n) is 10.8. The maximum Gasteiger partial charge on any atom is 0.323 e. The molecule has 17 heavy (non-hydrogen) atoms. The van der Waals surface area contributed by atoms with Crippen molar-refractivity contribution in [3.8, 4) is 0 Å². The number of aromatic nitrogens is 1. The second kappa shape index (κ2) is 6.71. The Hall–Kier alpha value is -0.940. The topological polar surface area (TPSA) is 51.2 Å². The van der Waals surface area contributed by atoms with Crippen LogP contribution in [0.4, 0.5) is 0 Å². The summed E-state index contributed by atoms with van der Waals surface area (Å²) in [5, 5.41) is 6.27. The summed E-state index contributed by atoms with van der Waals surface area (Å²) in [4.78, 5) is 16.0. The van der Waals surface area contributed by atoms with E-state index in [4.69, 9.17) is 4.74 Å². The van der Waals surface area contributed by atoms with Crippen LogP contribution in [0.5, 0.6) is 0 Å². The summed E-state index contributed by atoms with van der Waals surface area (Å²) >= 11 is 1.62. The van der Waals surface area contributed by atoms with Gasteiger partial charge in [0.2, 0.25) is 0 Å². The van der Waals surface area contributed by atoms with Crippen LogP contribution in [-0.2, 0) is 16.1 Å². The van der Waals surface area contributed by atoms with Gasteiger partial charge in [0.15, 0.2) is 0 Å². The summed E-state index contributed by atoms with van der Waals surface area (Å²) in [6.07, 6.45) is 0.933. The second-order valence-corrected chi connectivity index (χ2v) is 5.19. The molecule has 0 fully saturated rings. The lowest BCUT2D eigenvalue weighted by Gasteiger charge is -2.21. The van der Waals surface area contributed by atoms with Crippen LogP contribution in [0.3, 0.4) is 0 Å². The Balaban J connectivity index is 2.57. The number of aryl methyl sites for hydroxylation is 1. The Labute approximate surface area is 106 Å². The zero-order chi connectivity index (χ0) is 12.8. The summed E-state index contributed by atoms with van der Waals surface area (Å²) in [6, 6.07) is -0.257. The van der Waals surface area contributed by atoms with Gasteiger partial charge in [0.05, 0.1) is 17.8 Å². The first-order valence-corrected chi connectivity index (χ1v) is 6.68. The maximum absolute atomic E-state index is 11.6. The molecule has 0 saturated heterocycles. The van der Waals surface area contributed by atoms with Crippen LogP contribution in [0.1, 0.15) is 31.0 Å². The summed E-state index contributed by atoms with van der Waals surface area (Å²) in [7, 11) is 1.42. The number of methoxy groups -OCH3 is 1. The molecule has 1 heterocycles. The molecule has 0 aliphatic carbocycles. The lowest BCUT2D eigenvalue weighted by molar-refractivity contribution is -0.144. The molecule has 0 spiro atoms. The molecule has 2 unspecified atom stereocenters. The van der Waals surface area contributed by atoms with Crippen LogP contribution in [0.2, 0.25) is 0 Å². The van der Waals surface area contributed by atoms with Crippen LogP contribution in [0, 0.1) is 12.8 Å². The molecule has 5 heteroatoms. The van der Waals surface area contributed by atoms with Gasteiger partial charge in [0.25, 0.3) is 0 Å². The van der Waals surface area contributed by atoms with Crippen molar-refractivity contribution >= 4 is 17.3 Å². The number of nitrogens with zero attached hydrogens (tertiary/aromatic N) is 1. The largest absolute Gasteiger partial charge is 0.468 e. The lowest BCUT2D eigenvalue weighted by atomic mass is 9.99. The number of hydrogen-bond donors (Lipinski definition) is 1. The van der Waals surface area contributed by atoms with E-state index in [1.165, 1.54) is 7.11 Å². The molecule has 4 nitrogen and oxygen atoms in total. The van der Waals surface area contributed by atoms with Crippen molar-refractivity contribution in [2.75, 3.05) is 7.11 Å². The third-order valence-corrected chi connectivity index (χ3v) is 3.66. The number of ether oxygens (including phenoxy) is 1. The van der Waals surface area contributed by atoms with Gasteiger partial charge in [0.1, 0.15) is 6.04 Å². The van der Waals surface area contributed by atoms with Crippen LogP contribution < -0.4 is 5.32 Å². The van der Waals surface area contributed by atoms with Gasteiger partial charge in [-0.05, 0) is 12.8 Å². The predicted molar refractivity (Wildman–Crippen MR) is 68.9 cm³/mol. The van der Waals surface area contributed by atoms with Gasteiger partial charge in [-0.2, -0.15) is 0 Å². The summed E-state index contributed by atoms with van der Waals surface area (Å²) in [5.41, 5.74) is 0.977. The molecule has 2 atom stereocenters. The smallest absolute Gasteiger partial charge is 0.323 e. The minimum absolute atomic E-state index is 0.202. The molecule has 0 aliphatic rings. The summed E-state index contributed by atoms with van der Waals surface area (Å²) < 4.78 is 4.81. The van der Waals surface area contributed by atoms with E-state index in [9.17, 15) is 4.79 Å². The van der Waals surface area contributed by atoms with Crippen molar-refractivity contribution in [2.45, 2.75) is 39.8 Å². The van der Waals surface area contributed by atoms with E-state index in [1.54, 1.807) is 11.3 Å². The monoisotopic (exact) mass is 256 g/mol. The predicted octanol–water partition coefficient (Wildman–Crippen LogP) is 2.13. The van der Waals surface area contributed by atoms with Crippen molar-refractivity contribution in [3.63, 3.8) is 0 Å². The molecule has 0 amide bonds. The fraction of sp³-hybridized carbons (Fsp3) is 0.667. The van der Waals surface area contributed by atoms with Crippen molar-refractivity contribution < 1.29 is 9.53 Å².